The van der Waals surface area contributed by atoms with Crippen LogP contribution in [0.2, 0.25) is 0 Å². The van der Waals surface area contributed by atoms with Crippen LogP contribution >= 0.6 is 0 Å². The van der Waals surface area contributed by atoms with Gasteiger partial charge in [-0.15, -0.1) is 0 Å². The van der Waals surface area contributed by atoms with Gasteiger partial charge in [0.1, 0.15) is 0 Å². The molecule has 2 aromatic rings. The number of aromatic amines is 1. The van der Waals surface area contributed by atoms with Crippen LogP contribution in [0.25, 0.3) is 0 Å². The maximum Gasteiger partial charge on any atom is 0.264 e. The Bertz CT molecular complexity index is 616. The number of nitrogens with one attached hydrogen (secondary N) is 2. The van der Waals surface area contributed by atoms with Crippen molar-refractivity contribution in [3.8, 4) is 0 Å². The largest absolute Gasteiger partial charge is 0.330 e. The second kappa shape index (κ2) is 5.44. The molecule has 6 heteroatoms. The normalized spacial score (nSPS) is 11.7. The molecule has 1 aromatic carbocycles. The molecule has 0 bridgehead atoms. The molecular weight excluding hydrogens is 262 g/mol. The summed E-state index contributed by atoms with van der Waals surface area (Å²) in [4.78, 5) is 6.77. The Kier molecular flexibility index (Phi) is 3.90. The van der Waals surface area contributed by atoms with Gasteiger partial charge in [-0.1, -0.05) is 26.0 Å². The number of hydrogen-bond donors (Lipinski definition) is 2. The molecule has 2 rings (SSSR count). The maximum atomic E-state index is 12.1. The van der Waals surface area contributed by atoms with Crippen molar-refractivity contribution in [2.45, 2.75) is 25.2 Å². The van der Waals surface area contributed by atoms with Gasteiger partial charge in [0.05, 0.1) is 4.90 Å². The van der Waals surface area contributed by atoms with E-state index in [-0.39, 0.29) is 10.8 Å². The van der Waals surface area contributed by atoms with Crippen molar-refractivity contribution < 1.29 is 8.42 Å². The first kappa shape index (κ1) is 13.6. The fourth-order valence-electron chi connectivity index (χ4n) is 1.78. The summed E-state index contributed by atoms with van der Waals surface area (Å²) in [6, 6.07) is 6.92. The van der Waals surface area contributed by atoms with E-state index in [4.69, 9.17) is 0 Å². The zero-order chi connectivity index (χ0) is 13.9. The summed E-state index contributed by atoms with van der Waals surface area (Å²) in [5.41, 5.74) is 1.13. The van der Waals surface area contributed by atoms with E-state index in [1.807, 2.05) is 12.1 Å². The molecule has 0 amide bonds. The van der Waals surface area contributed by atoms with Gasteiger partial charge in [-0.2, -0.15) is 0 Å². The molecule has 0 saturated heterocycles. The second-order valence-corrected chi connectivity index (χ2v) is 6.47. The highest BCUT2D eigenvalue weighted by atomic mass is 32.2. The number of sulfonamides is 1. The Labute approximate surface area is 113 Å². The summed E-state index contributed by atoms with van der Waals surface area (Å²) in [5, 5.41) is 0. The minimum absolute atomic E-state index is 0.214. The minimum atomic E-state index is -3.57. The SMILES string of the molecule is CC(C)Cc1ccc(S(=O)(=O)Nc2ncc[nH]2)cc1. The molecule has 0 saturated carbocycles. The zero-order valence-electron chi connectivity index (χ0n) is 10.9. The van der Waals surface area contributed by atoms with Crippen molar-refractivity contribution in [1.29, 1.82) is 0 Å². The lowest BCUT2D eigenvalue weighted by Gasteiger charge is -2.08. The van der Waals surface area contributed by atoms with E-state index in [0.717, 1.165) is 12.0 Å². The zero-order valence-corrected chi connectivity index (χ0v) is 11.7. The van der Waals surface area contributed by atoms with Crippen LogP contribution < -0.4 is 4.72 Å². The van der Waals surface area contributed by atoms with Gasteiger partial charge in [0, 0.05) is 12.4 Å². The van der Waals surface area contributed by atoms with Crippen LogP contribution in [-0.4, -0.2) is 18.4 Å². The molecule has 19 heavy (non-hydrogen) atoms. The van der Waals surface area contributed by atoms with Gasteiger partial charge in [-0.25, -0.2) is 18.1 Å². The molecule has 1 heterocycles. The Hall–Kier alpha value is -1.82. The third-order valence-electron chi connectivity index (χ3n) is 2.61. The van der Waals surface area contributed by atoms with Gasteiger partial charge in [0.15, 0.2) is 0 Å². The van der Waals surface area contributed by atoms with Gasteiger partial charge in [-0.05, 0) is 30.0 Å². The Balaban J connectivity index is 2.17. The van der Waals surface area contributed by atoms with Crippen LogP contribution in [0.5, 0.6) is 0 Å². The lowest BCUT2D eigenvalue weighted by Crippen LogP contribution is -2.13. The summed E-state index contributed by atoms with van der Waals surface area (Å²) < 4.78 is 26.5. The van der Waals surface area contributed by atoms with E-state index in [2.05, 4.69) is 28.5 Å². The number of H-pyrrole nitrogens is 1. The first-order chi connectivity index (χ1) is 8.97. The van der Waals surface area contributed by atoms with E-state index in [1.165, 1.54) is 6.20 Å². The molecule has 1 aromatic heterocycles. The van der Waals surface area contributed by atoms with E-state index in [9.17, 15) is 8.42 Å². The summed E-state index contributed by atoms with van der Waals surface area (Å²) in [5.74, 6) is 0.759. The molecular formula is C13H17N3O2S. The van der Waals surface area contributed by atoms with Crippen molar-refractivity contribution in [1.82, 2.24) is 9.97 Å². The molecule has 0 aliphatic rings. The number of rotatable bonds is 5. The number of hydrogen-bond acceptors (Lipinski definition) is 3. The van der Waals surface area contributed by atoms with Crippen LogP contribution in [-0.2, 0) is 16.4 Å². The lowest BCUT2D eigenvalue weighted by atomic mass is 10.0. The van der Waals surface area contributed by atoms with Gasteiger partial charge >= 0.3 is 0 Å². The molecule has 0 atom stereocenters. The summed E-state index contributed by atoms with van der Waals surface area (Å²) in [7, 11) is -3.57. The first-order valence-electron chi connectivity index (χ1n) is 6.08. The summed E-state index contributed by atoms with van der Waals surface area (Å²) >= 11 is 0. The van der Waals surface area contributed by atoms with E-state index in [0.29, 0.717) is 5.92 Å². The highest BCUT2D eigenvalue weighted by molar-refractivity contribution is 7.92. The molecule has 0 unspecified atom stereocenters. The predicted molar refractivity (Wildman–Crippen MR) is 74.4 cm³/mol. The van der Waals surface area contributed by atoms with Gasteiger partial charge in [0.25, 0.3) is 10.0 Å². The second-order valence-electron chi connectivity index (χ2n) is 4.79. The van der Waals surface area contributed by atoms with Crippen LogP contribution in [0.4, 0.5) is 5.95 Å². The predicted octanol–water partition coefficient (Wildman–Crippen LogP) is 2.41. The third-order valence-corrected chi connectivity index (χ3v) is 3.96. The highest BCUT2D eigenvalue weighted by Gasteiger charge is 2.15. The molecule has 0 spiro atoms. The fraction of sp³-hybridized carbons (Fsp3) is 0.308. The highest BCUT2D eigenvalue weighted by Crippen LogP contribution is 2.15. The van der Waals surface area contributed by atoms with E-state index < -0.39 is 10.0 Å². The van der Waals surface area contributed by atoms with Crippen molar-refractivity contribution in [3.63, 3.8) is 0 Å². The van der Waals surface area contributed by atoms with E-state index in [1.54, 1.807) is 18.3 Å². The maximum absolute atomic E-state index is 12.1. The van der Waals surface area contributed by atoms with Crippen LogP contribution in [0, 0.1) is 5.92 Å². The fourth-order valence-corrected chi connectivity index (χ4v) is 2.76. The number of aromatic nitrogens is 2. The molecule has 5 nitrogen and oxygen atoms in total. The molecule has 0 radical (unpaired) electrons. The van der Waals surface area contributed by atoms with Crippen molar-refractivity contribution in [2.75, 3.05) is 4.72 Å². The van der Waals surface area contributed by atoms with Crippen molar-refractivity contribution in [3.05, 3.63) is 42.2 Å². The molecule has 102 valence electrons. The van der Waals surface area contributed by atoms with Crippen molar-refractivity contribution >= 4 is 16.0 Å². The Morgan fingerprint density at radius 1 is 1.26 bits per heavy atom. The number of benzene rings is 1. The van der Waals surface area contributed by atoms with E-state index >= 15 is 0 Å². The Morgan fingerprint density at radius 3 is 2.47 bits per heavy atom. The number of imidazole rings is 1. The van der Waals surface area contributed by atoms with Gasteiger partial charge < -0.3 is 4.98 Å². The number of anilines is 1. The molecule has 2 N–H and O–H groups in total. The van der Waals surface area contributed by atoms with Crippen LogP contribution in [0.3, 0.4) is 0 Å². The van der Waals surface area contributed by atoms with Crippen molar-refractivity contribution in [2.24, 2.45) is 5.92 Å². The average Bonchev–Trinajstić information content (AvgIpc) is 2.81. The molecule has 0 aliphatic carbocycles. The Morgan fingerprint density at radius 2 is 1.95 bits per heavy atom. The third kappa shape index (κ3) is 3.57. The first-order valence-corrected chi connectivity index (χ1v) is 7.57. The topological polar surface area (TPSA) is 74.8 Å². The number of nitrogens with zero attached hydrogens (tertiary/aromatic N) is 1. The van der Waals surface area contributed by atoms with Gasteiger partial charge in [-0.3, -0.25) is 0 Å². The smallest absolute Gasteiger partial charge is 0.264 e. The van der Waals surface area contributed by atoms with Gasteiger partial charge in [0.2, 0.25) is 5.95 Å². The molecule has 0 fully saturated rings. The summed E-state index contributed by atoms with van der Waals surface area (Å²) in [6.45, 7) is 4.26. The molecule has 0 aliphatic heterocycles. The minimum Gasteiger partial charge on any atom is -0.330 e. The van der Waals surface area contributed by atoms with Crippen LogP contribution in [0.15, 0.2) is 41.6 Å². The quantitative estimate of drug-likeness (QED) is 0.882. The average molecular weight is 279 g/mol. The summed E-state index contributed by atoms with van der Waals surface area (Å²) in [6.07, 6.45) is 3.99. The monoisotopic (exact) mass is 279 g/mol. The standard InChI is InChI=1S/C13H17N3O2S/c1-10(2)9-11-3-5-12(6-4-11)19(17,18)16-13-14-7-8-15-13/h3-8,10H,9H2,1-2H3,(H2,14,15,16). The van der Waals surface area contributed by atoms with Crippen LogP contribution in [0.1, 0.15) is 19.4 Å². The lowest BCUT2D eigenvalue weighted by molar-refractivity contribution is 0.600.